The minimum atomic E-state index is -3.61. The molecule has 1 saturated carbocycles. The van der Waals surface area contributed by atoms with Crippen molar-refractivity contribution in [3.8, 4) is 5.75 Å². The van der Waals surface area contributed by atoms with Crippen LogP contribution in [-0.4, -0.2) is 27.5 Å². The fourth-order valence-corrected chi connectivity index (χ4v) is 4.21. The van der Waals surface area contributed by atoms with Gasteiger partial charge in [-0.15, -0.1) is 0 Å². The molecule has 0 aliphatic heterocycles. The highest BCUT2D eigenvalue weighted by Gasteiger charge is 2.28. The van der Waals surface area contributed by atoms with Crippen LogP contribution >= 0.6 is 0 Å². The predicted molar refractivity (Wildman–Crippen MR) is 103 cm³/mol. The van der Waals surface area contributed by atoms with Crippen molar-refractivity contribution in [1.29, 1.82) is 0 Å². The number of rotatable bonds is 7. The summed E-state index contributed by atoms with van der Waals surface area (Å²) in [6.07, 6.45) is 1.71. The molecule has 6 nitrogen and oxygen atoms in total. The number of hydrogen-bond acceptors (Lipinski definition) is 4. The molecule has 1 atom stereocenters. The Morgan fingerprint density at radius 3 is 2.56 bits per heavy atom. The van der Waals surface area contributed by atoms with Gasteiger partial charge >= 0.3 is 0 Å². The summed E-state index contributed by atoms with van der Waals surface area (Å²) < 4.78 is 32.9. The van der Waals surface area contributed by atoms with Gasteiger partial charge in [-0.3, -0.25) is 4.79 Å². The summed E-state index contributed by atoms with van der Waals surface area (Å²) >= 11 is 0. The molecule has 1 fully saturated rings. The van der Waals surface area contributed by atoms with Crippen molar-refractivity contribution in [2.24, 2.45) is 0 Å². The zero-order valence-corrected chi connectivity index (χ0v) is 16.5. The summed E-state index contributed by atoms with van der Waals surface area (Å²) in [5, 5.41) is 2.93. The smallest absolute Gasteiger partial charge is 0.252 e. The second-order valence-corrected chi connectivity index (χ2v) is 8.52. The number of carbonyl (C=O) groups is 1. The van der Waals surface area contributed by atoms with Gasteiger partial charge in [0.2, 0.25) is 10.0 Å². The highest BCUT2D eigenvalue weighted by Crippen LogP contribution is 2.26. The Bertz CT molecular complexity index is 952. The van der Waals surface area contributed by atoms with Crippen molar-refractivity contribution in [2.45, 2.75) is 43.7 Å². The molecule has 2 aromatic carbocycles. The van der Waals surface area contributed by atoms with Crippen LogP contribution in [0.25, 0.3) is 0 Å². The van der Waals surface area contributed by atoms with Crippen LogP contribution in [0.5, 0.6) is 5.75 Å². The Labute approximate surface area is 160 Å². The van der Waals surface area contributed by atoms with Gasteiger partial charge in [-0.2, -0.15) is 0 Å². The van der Waals surface area contributed by atoms with Crippen molar-refractivity contribution in [3.63, 3.8) is 0 Å². The van der Waals surface area contributed by atoms with Crippen LogP contribution in [0.3, 0.4) is 0 Å². The van der Waals surface area contributed by atoms with Crippen LogP contribution in [0.2, 0.25) is 0 Å². The average Bonchev–Trinajstić information content (AvgIpc) is 3.44. The summed E-state index contributed by atoms with van der Waals surface area (Å²) in [7, 11) is -2.03. The van der Waals surface area contributed by atoms with E-state index >= 15 is 0 Å². The maximum Gasteiger partial charge on any atom is 0.252 e. The van der Waals surface area contributed by atoms with Crippen molar-refractivity contribution in [2.75, 3.05) is 7.11 Å². The van der Waals surface area contributed by atoms with Gasteiger partial charge in [0, 0.05) is 17.2 Å². The van der Waals surface area contributed by atoms with Crippen LogP contribution in [0, 0.1) is 6.92 Å². The summed E-state index contributed by atoms with van der Waals surface area (Å²) in [5.74, 6) is 0.362. The maximum atomic E-state index is 12.8. The van der Waals surface area contributed by atoms with Crippen molar-refractivity contribution in [3.05, 3.63) is 59.2 Å². The topological polar surface area (TPSA) is 84.5 Å². The van der Waals surface area contributed by atoms with E-state index in [0.717, 1.165) is 18.4 Å². The number of methoxy groups -OCH3 is 1. The van der Waals surface area contributed by atoms with E-state index in [4.69, 9.17) is 4.74 Å². The molecule has 0 bridgehead atoms. The van der Waals surface area contributed by atoms with Crippen LogP contribution in [0.15, 0.2) is 47.4 Å². The van der Waals surface area contributed by atoms with Crippen molar-refractivity contribution >= 4 is 15.9 Å². The zero-order chi connectivity index (χ0) is 19.6. The van der Waals surface area contributed by atoms with Crippen LogP contribution in [0.1, 0.15) is 47.3 Å². The largest absolute Gasteiger partial charge is 0.496 e. The van der Waals surface area contributed by atoms with Gasteiger partial charge in [0.15, 0.2) is 0 Å². The van der Waals surface area contributed by atoms with E-state index in [1.807, 2.05) is 31.2 Å². The van der Waals surface area contributed by atoms with E-state index in [1.54, 1.807) is 20.1 Å². The van der Waals surface area contributed by atoms with Crippen molar-refractivity contribution < 1.29 is 17.9 Å². The van der Waals surface area contributed by atoms with E-state index in [2.05, 4.69) is 10.0 Å². The minimum Gasteiger partial charge on any atom is -0.496 e. The Morgan fingerprint density at radius 1 is 1.19 bits per heavy atom. The summed E-state index contributed by atoms with van der Waals surface area (Å²) in [5.41, 5.74) is 1.91. The molecule has 2 N–H and O–H groups in total. The van der Waals surface area contributed by atoms with Gasteiger partial charge in [0.1, 0.15) is 5.75 Å². The maximum absolute atomic E-state index is 12.8. The number of carbonyl (C=O) groups excluding carboxylic acids is 1. The van der Waals surface area contributed by atoms with Crippen LogP contribution in [-0.2, 0) is 10.0 Å². The lowest BCUT2D eigenvalue weighted by molar-refractivity contribution is 0.0938. The number of aryl methyl sites for hydroxylation is 1. The first-order valence-electron chi connectivity index (χ1n) is 8.88. The monoisotopic (exact) mass is 388 g/mol. The van der Waals surface area contributed by atoms with E-state index in [1.165, 1.54) is 12.1 Å². The number of hydrogen-bond donors (Lipinski definition) is 2. The van der Waals surface area contributed by atoms with E-state index in [0.29, 0.717) is 16.9 Å². The fourth-order valence-electron chi connectivity index (χ4n) is 2.88. The molecule has 3 rings (SSSR count). The molecule has 0 saturated heterocycles. The molecular weight excluding hydrogens is 364 g/mol. The van der Waals surface area contributed by atoms with Gasteiger partial charge in [0.05, 0.1) is 18.0 Å². The lowest BCUT2D eigenvalue weighted by atomic mass is 10.0. The highest BCUT2D eigenvalue weighted by molar-refractivity contribution is 7.89. The number of nitrogens with one attached hydrogen (secondary N) is 2. The molecule has 27 heavy (non-hydrogen) atoms. The van der Waals surface area contributed by atoms with Gasteiger partial charge in [-0.25, -0.2) is 13.1 Å². The second-order valence-electron chi connectivity index (χ2n) is 6.81. The van der Waals surface area contributed by atoms with Gasteiger partial charge in [-0.05, 0) is 50.5 Å². The molecule has 1 aliphatic carbocycles. The number of ether oxygens (including phenoxy) is 1. The SMILES string of the molecule is COc1ccccc1C(C)NC(=O)c1cc(S(=O)(=O)NC2CC2)ccc1C. The molecule has 144 valence electrons. The fraction of sp³-hybridized carbons (Fsp3) is 0.350. The molecule has 0 heterocycles. The third kappa shape index (κ3) is 4.48. The first kappa shape index (κ1) is 19.4. The Balaban J connectivity index is 1.82. The highest BCUT2D eigenvalue weighted by atomic mass is 32.2. The number of sulfonamides is 1. The lowest BCUT2D eigenvalue weighted by Gasteiger charge is -2.18. The molecule has 7 heteroatoms. The first-order chi connectivity index (χ1) is 12.8. The van der Waals surface area contributed by atoms with Gasteiger partial charge in [-0.1, -0.05) is 24.3 Å². The third-order valence-corrected chi connectivity index (χ3v) is 6.13. The second kappa shape index (κ2) is 7.70. The van der Waals surface area contributed by atoms with Gasteiger partial charge < -0.3 is 10.1 Å². The van der Waals surface area contributed by atoms with E-state index < -0.39 is 10.0 Å². The minimum absolute atomic E-state index is 0.0131. The zero-order valence-electron chi connectivity index (χ0n) is 15.7. The molecule has 1 unspecified atom stereocenters. The van der Waals surface area contributed by atoms with Crippen LogP contribution < -0.4 is 14.8 Å². The van der Waals surface area contributed by atoms with Crippen LogP contribution in [0.4, 0.5) is 0 Å². The quantitative estimate of drug-likeness (QED) is 0.764. The Hall–Kier alpha value is -2.38. The standard InChI is InChI=1S/C20H24N2O4S/c1-13-8-11-16(27(24,25)22-15-9-10-15)12-18(13)20(23)21-14(2)17-6-4-5-7-19(17)26-3/h4-8,11-12,14-15,22H,9-10H2,1-3H3,(H,21,23). The van der Waals surface area contributed by atoms with Gasteiger partial charge in [0.25, 0.3) is 5.91 Å². The summed E-state index contributed by atoms with van der Waals surface area (Å²) in [4.78, 5) is 12.9. The molecule has 0 spiro atoms. The molecule has 2 aromatic rings. The molecule has 1 amide bonds. The third-order valence-electron chi connectivity index (χ3n) is 4.62. The summed E-state index contributed by atoms with van der Waals surface area (Å²) in [6.45, 7) is 3.65. The van der Waals surface area contributed by atoms with E-state index in [-0.39, 0.29) is 22.9 Å². The molecular formula is C20H24N2O4S. The Morgan fingerprint density at radius 2 is 1.89 bits per heavy atom. The number of benzene rings is 2. The Kier molecular flexibility index (Phi) is 5.53. The predicted octanol–water partition coefficient (Wildman–Crippen LogP) is 2.94. The summed E-state index contributed by atoms with van der Waals surface area (Å²) in [6, 6.07) is 11.8. The number of amides is 1. The molecule has 0 radical (unpaired) electrons. The lowest BCUT2D eigenvalue weighted by Crippen LogP contribution is -2.29. The average molecular weight is 388 g/mol. The molecule has 1 aliphatic rings. The number of para-hydroxylation sites is 1. The van der Waals surface area contributed by atoms with E-state index in [9.17, 15) is 13.2 Å². The first-order valence-corrected chi connectivity index (χ1v) is 10.4. The normalized spacial score (nSPS) is 15.2. The van der Waals surface area contributed by atoms with Crippen molar-refractivity contribution in [1.82, 2.24) is 10.0 Å². The molecule has 0 aromatic heterocycles.